The minimum atomic E-state index is -1.14. The maximum Gasteiger partial charge on any atom is 0.338 e. The zero-order chi connectivity index (χ0) is 7.84. The number of rotatable bonds is 0. The van der Waals surface area contributed by atoms with Crippen molar-refractivity contribution in [2.45, 2.75) is 18.3 Å². The molecule has 5 heteroatoms. The summed E-state index contributed by atoms with van der Waals surface area (Å²) < 4.78 is 14.6. The van der Waals surface area contributed by atoms with Crippen molar-refractivity contribution in [1.82, 2.24) is 0 Å². The van der Waals surface area contributed by atoms with Crippen LogP contribution in [0.25, 0.3) is 0 Å². The number of carbonyl (C=O) groups is 1. The Bertz CT molecular complexity index is 180. The van der Waals surface area contributed by atoms with Crippen LogP contribution in [0.5, 0.6) is 0 Å². The zero-order valence-electron chi connectivity index (χ0n) is 5.73. The van der Waals surface area contributed by atoms with Gasteiger partial charge in [-0.1, -0.05) is 0 Å². The maximum atomic E-state index is 10.7. The first-order valence-electron chi connectivity index (χ1n) is 3.37. The van der Waals surface area contributed by atoms with E-state index in [9.17, 15) is 4.79 Å². The first kappa shape index (κ1) is 7.02. The van der Waals surface area contributed by atoms with Crippen molar-refractivity contribution >= 4 is 5.97 Å². The van der Waals surface area contributed by atoms with E-state index in [1.54, 1.807) is 0 Å². The van der Waals surface area contributed by atoms with Gasteiger partial charge in [0.2, 0.25) is 0 Å². The number of aliphatic hydroxyl groups is 1. The van der Waals surface area contributed by atoms with E-state index in [4.69, 9.17) is 19.3 Å². The monoisotopic (exact) mass is 160 g/mol. The molecular weight excluding hydrogens is 152 g/mol. The lowest BCUT2D eigenvalue weighted by atomic mass is 10.1. The summed E-state index contributed by atoms with van der Waals surface area (Å²) in [5, 5.41) is 9.14. The van der Waals surface area contributed by atoms with Crippen molar-refractivity contribution in [2.24, 2.45) is 0 Å². The van der Waals surface area contributed by atoms with E-state index in [0.29, 0.717) is 6.61 Å². The third-order valence-corrected chi connectivity index (χ3v) is 1.81. The van der Waals surface area contributed by atoms with E-state index < -0.39 is 24.3 Å². The van der Waals surface area contributed by atoms with E-state index in [1.165, 1.54) is 0 Å². The maximum absolute atomic E-state index is 10.7. The molecule has 3 atom stereocenters. The van der Waals surface area contributed by atoms with Gasteiger partial charge in [-0.2, -0.15) is 0 Å². The summed E-state index contributed by atoms with van der Waals surface area (Å²) in [6.45, 7) is 0.433. The molecule has 2 saturated heterocycles. The molecule has 0 aromatic rings. The minimum absolute atomic E-state index is 0.120. The Labute approximate surface area is 62.8 Å². The summed E-state index contributed by atoms with van der Waals surface area (Å²) in [5.41, 5.74) is 0. The van der Waals surface area contributed by atoms with Gasteiger partial charge >= 0.3 is 5.97 Å². The molecule has 5 nitrogen and oxygen atoms in total. The van der Waals surface area contributed by atoms with Gasteiger partial charge in [-0.3, -0.25) is 0 Å². The predicted octanol–water partition coefficient (Wildman–Crippen LogP) is -1.35. The largest absolute Gasteiger partial charge is 0.455 e. The number of esters is 1. The molecule has 2 aliphatic heterocycles. The second-order valence-corrected chi connectivity index (χ2v) is 2.54. The summed E-state index contributed by atoms with van der Waals surface area (Å²) in [4.78, 5) is 10.7. The molecule has 0 aliphatic carbocycles. The highest BCUT2D eigenvalue weighted by Gasteiger charge is 2.46. The first-order valence-corrected chi connectivity index (χ1v) is 3.37. The van der Waals surface area contributed by atoms with Crippen LogP contribution in [-0.2, 0) is 19.0 Å². The smallest absolute Gasteiger partial charge is 0.338 e. The van der Waals surface area contributed by atoms with Crippen LogP contribution in [0.4, 0.5) is 0 Å². The van der Waals surface area contributed by atoms with Crippen LogP contribution in [0, 0.1) is 0 Å². The quantitative estimate of drug-likeness (QED) is 0.443. The van der Waals surface area contributed by atoms with Gasteiger partial charge in [0, 0.05) is 0 Å². The van der Waals surface area contributed by atoms with Crippen molar-refractivity contribution in [3.8, 4) is 0 Å². The summed E-state index contributed by atoms with van der Waals surface area (Å²) in [6.07, 6.45) is -2.09. The highest BCUT2D eigenvalue weighted by atomic mass is 16.7. The van der Waals surface area contributed by atoms with Gasteiger partial charge in [0.1, 0.15) is 12.9 Å². The number of ether oxygens (including phenoxy) is 3. The second kappa shape index (κ2) is 2.44. The highest BCUT2D eigenvalue weighted by Crippen LogP contribution is 2.22. The van der Waals surface area contributed by atoms with Crippen molar-refractivity contribution in [1.29, 1.82) is 0 Å². The summed E-state index contributed by atoms with van der Waals surface area (Å²) in [7, 11) is 0. The average molecular weight is 160 g/mol. The Kier molecular flexibility index (Phi) is 1.56. The third-order valence-electron chi connectivity index (χ3n) is 1.81. The Morgan fingerprint density at radius 3 is 3.09 bits per heavy atom. The summed E-state index contributed by atoms with van der Waals surface area (Å²) >= 11 is 0. The molecule has 2 heterocycles. The van der Waals surface area contributed by atoms with Crippen molar-refractivity contribution in [3.05, 3.63) is 0 Å². The number of aliphatic hydroxyl groups excluding tert-OH is 1. The average Bonchev–Trinajstić information content (AvgIpc) is 2.30. The predicted molar refractivity (Wildman–Crippen MR) is 31.6 cm³/mol. The Hall–Kier alpha value is -0.650. The number of hydrogen-bond donors (Lipinski definition) is 1. The fourth-order valence-corrected chi connectivity index (χ4v) is 1.24. The third kappa shape index (κ3) is 1.01. The van der Waals surface area contributed by atoms with Crippen LogP contribution in [0.1, 0.15) is 0 Å². The lowest BCUT2D eigenvalue weighted by molar-refractivity contribution is -0.188. The molecule has 2 fully saturated rings. The van der Waals surface area contributed by atoms with Crippen LogP contribution in [0.2, 0.25) is 0 Å². The number of hydrogen-bond acceptors (Lipinski definition) is 5. The normalized spacial score (nSPS) is 43.4. The molecule has 3 unspecified atom stereocenters. The standard InChI is InChI=1S/C6H8O5/c7-4-5-3(11-6(4)8)1-9-2-10-5/h3-5,7H,1-2H2. The van der Waals surface area contributed by atoms with Crippen LogP contribution >= 0.6 is 0 Å². The van der Waals surface area contributed by atoms with E-state index in [2.05, 4.69) is 0 Å². The Morgan fingerprint density at radius 1 is 1.55 bits per heavy atom. The molecule has 1 N–H and O–H groups in total. The van der Waals surface area contributed by atoms with Crippen molar-refractivity contribution in [3.63, 3.8) is 0 Å². The molecule has 2 aliphatic rings. The number of carbonyl (C=O) groups excluding carboxylic acids is 1. The topological polar surface area (TPSA) is 65.0 Å². The molecule has 0 radical (unpaired) electrons. The lowest BCUT2D eigenvalue weighted by Crippen LogP contribution is -2.41. The van der Waals surface area contributed by atoms with Gasteiger partial charge in [0.25, 0.3) is 0 Å². The van der Waals surface area contributed by atoms with Crippen LogP contribution < -0.4 is 0 Å². The molecule has 0 bridgehead atoms. The molecular formula is C6H8O5. The molecule has 62 valence electrons. The molecule has 0 saturated carbocycles. The molecule has 0 aromatic carbocycles. The first-order chi connectivity index (χ1) is 5.29. The van der Waals surface area contributed by atoms with Crippen LogP contribution in [0.3, 0.4) is 0 Å². The van der Waals surface area contributed by atoms with E-state index in [-0.39, 0.29) is 6.79 Å². The van der Waals surface area contributed by atoms with E-state index >= 15 is 0 Å². The lowest BCUT2D eigenvalue weighted by Gasteiger charge is -2.24. The van der Waals surface area contributed by atoms with Gasteiger partial charge < -0.3 is 19.3 Å². The van der Waals surface area contributed by atoms with Gasteiger partial charge in [-0.15, -0.1) is 0 Å². The second-order valence-electron chi connectivity index (χ2n) is 2.54. The SMILES string of the molecule is O=C1OC2COCOC2C1O. The van der Waals surface area contributed by atoms with Crippen LogP contribution in [0.15, 0.2) is 0 Å². The zero-order valence-corrected chi connectivity index (χ0v) is 5.73. The van der Waals surface area contributed by atoms with Gasteiger partial charge in [-0.25, -0.2) is 4.79 Å². The summed E-state index contributed by atoms with van der Waals surface area (Å²) in [5.74, 6) is -0.620. The van der Waals surface area contributed by atoms with Crippen LogP contribution in [-0.4, -0.2) is 42.8 Å². The van der Waals surface area contributed by atoms with Gasteiger partial charge in [0.15, 0.2) is 12.2 Å². The van der Waals surface area contributed by atoms with Crippen molar-refractivity contribution in [2.75, 3.05) is 13.4 Å². The molecule has 0 spiro atoms. The van der Waals surface area contributed by atoms with Crippen molar-refractivity contribution < 1.29 is 24.1 Å². The molecule has 2 rings (SSSR count). The van der Waals surface area contributed by atoms with Gasteiger partial charge in [-0.05, 0) is 0 Å². The highest BCUT2D eigenvalue weighted by molar-refractivity contribution is 5.77. The fourth-order valence-electron chi connectivity index (χ4n) is 1.24. The number of fused-ring (bicyclic) bond motifs is 1. The molecule has 0 aromatic heterocycles. The fraction of sp³-hybridized carbons (Fsp3) is 0.833. The summed E-state index contributed by atoms with van der Waals surface area (Å²) in [6, 6.07) is 0. The Morgan fingerprint density at radius 2 is 2.36 bits per heavy atom. The van der Waals surface area contributed by atoms with E-state index in [1.807, 2.05) is 0 Å². The van der Waals surface area contributed by atoms with Gasteiger partial charge in [0.05, 0.1) is 6.61 Å². The Balaban J connectivity index is 2.11. The molecule has 0 amide bonds. The van der Waals surface area contributed by atoms with E-state index in [0.717, 1.165) is 0 Å². The minimum Gasteiger partial charge on any atom is -0.455 e. The molecule has 11 heavy (non-hydrogen) atoms.